The minimum absolute atomic E-state index is 0.159. The second-order valence-electron chi connectivity index (χ2n) is 6.26. The van der Waals surface area contributed by atoms with E-state index in [-0.39, 0.29) is 5.54 Å². The molecule has 1 saturated heterocycles. The highest BCUT2D eigenvalue weighted by atomic mass is 79.9. The van der Waals surface area contributed by atoms with E-state index in [1.165, 1.54) is 44.5 Å². The molecule has 0 saturated carbocycles. The first-order chi connectivity index (χ1) is 10.1. The molecule has 0 aromatic heterocycles. The van der Waals surface area contributed by atoms with Crippen LogP contribution >= 0.6 is 15.9 Å². The van der Waals surface area contributed by atoms with Gasteiger partial charge in [0, 0.05) is 23.1 Å². The SMILES string of the molecule is CCCN1CCC(CN)(N(C)Cc2cccc(Br)c2)CC1. The smallest absolute Gasteiger partial charge is 0.0356 e. The number of hydrogen-bond acceptors (Lipinski definition) is 3. The van der Waals surface area contributed by atoms with Crippen molar-refractivity contribution in [1.29, 1.82) is 0 Å². The number of piperidine rings is 1. The van der Waals surface area contributed by atoms with Crippen LogP contribution < -0.4 is 5.73 Å². The van der Waals surface area contributed by atoms with Gasteiger partial charge < -0.3 is 10.6 Å². The molecule has 0 aliphatic carbocycles. The van der Waals surface area contributed by atoms with Gasteiger partial charge in [-0.1, -0.05) is 35.0 Å². The Morgan fingerprint density at radius 1 is 1.33 bits per heavy atom. The Hall–Kier alpha value is -0.420. The number of nitrogens with zero attached hydrogens (tertiary/aromatic N) is 2. The first-order valence-electron chi connectivity index (χ1n) is 7.98. The summed E-state index contributed by atoms with van der Waals surface area (Å²) in [6, 6.07) is 8.57. The summed E-state index contributed by atoms with van der Waals surface area (Å²) < 4.78 is 1.15. The van der Waals surface area contributed by atoms with Crippen LogP contribution in [-0.4, -0.2) is 48.6 Å². The fourth-order valence-electron chi connectivity index (χ4n) is 3.33. The second kappa shape index (κ2) is 7.73. The summed E-state index contributed by atoms with van der Waals surface area (Å²) in [5, 5.41) is 0. The number of hydrogen-bond donors (Lipinski definition) is 1. The van der Waals surface area contributed by atoms with Crippen molar-refractivity contribution in [2.24, 2.45) is 5.73 Å². The van der Waals surface area contributed by atoms with Crippen molar-refractivity contribution in [3.63, 3.8) is 0 Å². The maximum atomic E-state index is 6.17. The third-order valence-electron chi connectivity index (χ3n) is 4.83. The lowest BCUT2D eigenvalue weighted by Gasteiger charge is -2.47. The zero-order valence-corrected chi connectivity index (χ0v) is 14.9. The first-order valence-corrected chi connectivity index (χ1v) is 8.77. The van der Waals surface area contributed by atoms with Crippen molar-refractivity contribution in [1.82, 2.24) is 9.80 Å². The zero-order valence-electron chi connectivity index (χ0n) is 13.3. The predicted octanol–water partition coefficient (Wildman–Crippen LogP) is 3.08. The van der Waals surface area contributed by atoms with Crippen LogP contribution in [0.1, 0.15) is 31.7 Å². The van der Waals surface area contributed by atoms with Crippen molar-refractivity contribution in [2.45, 2.75) is 38.3 Å². The average Bonchev–Trinajstić information content (AvgIpc) is 2.48. The highest BCUT2D eigenvalue weighted by molar-refractivity contribution is 9.10. The third kappa shape index (κ3) is 4.28. The molecule has 0 bridgehead atoms. The van der Waals surface area contributed by atoms with Gasteiger partial charge in [-0.25, -0.2) is 0 Å². The number of likely N-dealkylation sites (tertiary alicyclic amines) is 1. The molecule has 1 aliphatic heterocycles. The molecule has 0 radical (unpaired) electrons. The van der Waals surface area contributed by atoms with Crippen molar-refractivity contribution < 1.29 is 0 Å². The third-order valence-corrected chi connectivity index (χ3v) is 5.32. The minimum atomic E-state index is 0.159. The number of benzene rings is 1. The van der Waals surface area contributed by atoms with Gasteiger partial charge in [0.25, 0.3) is 0 Å². The standard InChI is InChI=1S/C17H28BrN3/c1-3-9-21-10-7-17(14-19,8-11-21)20(2)13-15-5-4-6-16(18)12-15/h4-6,12H,3,7-11,13-14,19H2,1-2H3. The summed E-state index contributed by atoms with van der Waals surface area (Å²) in [6.45, 7) is 7.53. The molecule has 3 nitrogen and oxygen atoms in total. The second-order valence-corrected chi connectivity index (χ2v) is 7.17. The van der Waals surface area contributed by atoms with E-state index in [0.717, 1.165) is 17.6 Å². The Morgan fingerprint density at radius 3 is 2.62 bits per heavy atom. The molecule has 118 valence electrons. The van der Waals surface area contributed by atoms with Gasteiger partial charge in [0.1, 0.15) is 0 Å². The van der Waals surface area contributed by atoms with E-state index in [9.17, 15) is 0 Å². The average molecular weight is 354 g/mol. The number of nitrogens with two attached hydrogens (primary N) is 1. The quantitative estimate of drug-likeness (QED) is 0.852. The molecule has 2 rings (SSSR count). The summed E-state index contributed by atoms with van der Waals surface area (Å²) >= 11 is 3.55. The van der Waals surface area contributed by atoms with Crippen LogP contribution in [0.3, 0.4) is 0 Å². The van der Waals surface area contributed by atoms with Crippen molar-refractivity contribution in [3.05, 3.63) is 34.3 Å². The van der Waals surface area contributed by atoms with Crippen molar-refractivity contribution >= 4 is 15.9 Å². The highest BCUT2D eigenvalue weighted by Gasteiger charge is 2.36. The molecule has 0 amide bonds. The minimum Gasteiger partial charge on any atom is -0.329 e. The van der Waals surface area contributed by atoms with Gasteiger partial charge >= 0.3 is 0 Å². The number of halogens is 1. The van der Waals surface area contributed by atoms with Crippen LogP contribution in [0, 0.1) is 0 Å². The van der Waals surface area contributed by atoms with Crippen LogP contribution in [0.5, 0.6) is 0 Å². The van der Waals surface area contributed by atoms with E-state index in [0.29, 0.717) is 0 Å². The van der Waals surface area contributed by atoms with Crippen LogP contribution in [0.25, 0.3) is 0 Å². The van der Waals surface area contributed by atoms with E-state index in [1.807, 2.05) is 0 Å². The van der Waals surface area contributed by atoms with Gasteiger partial charge in [0.15, 0.2) is 0 Å². The lowest BCUT2D eigenvalue weighted by atomic mass is 9.85. The van der Waals surface area contributed by atoms with Gasteiger partial charge in [-0.2, -0.15) is 0 Å². The highest BCUT2D eigenvalue weighted by Crippen LogP contribution is 2.29. The summed E-state index contributed by atoms with van der Waals surface area (Å²) in [7, 11) is 2.23. The van der Waals surface area contributed by atoms with E-state index < -0.39 is 0 Å². The van der Waals surface area contributed by atoms with E-state index in [2.05, 4.69) is 64.0 Å². The van der Waals surface area contributed by atoms with Crippen molar-refractivity contribution in [3.8, 4) is 0 Å². The topological polar surface area (TPSA) is 32.5 Å². The van der Waals surface area contributed by atoms with E-state index in [4.69, 9.17) is 5.73 Å². The van der Waals surface area contributed by atoms with Crippen LogP contribution in [0.15, 0.2) is 28.7 Å². The molecule has 1 aromatic carbocycles. The lowest BCUT2D eigenvalue weighted by Crippen LogP contribution is -2.57. The molecule has 1 aromatic rings. The summed E-state index contributed by atoms with van der Waals surface area (Å²) in [4.78, 5) is 5.04. The maximum absolute atomic E-state index is 6.17. The summed E-state index contributed by atoms with van der Waals surface area (Å²) in [6.07, 6.45) is 3.59. The Balaban J connectivity index is 2.00. The predicted molar refractivity (Wildman–Crippen MR) is 93.4 cm³/mol. The van der Waals surface area contributed by atoms with Gasteiger partial charge in [-0.3, -0.25) is 4.90 Å². The van der Waals surface area contributed by atoms with Gasteiger partial charge in [0.05, 0.1) is 0 Å². The molecule has 1 heterocycles. The lowest BCUT2D eigenvalue weighted by molar-refractivity contribution is 0.0401. The molecular weight excluding hydrogens is 326 g/mol. The fourth-order valence-corrected chi connectivity index (χ4v) is 3.77. The number of rotatable bonds is 6. The molecule has 21 heavy (non-hydrogen) atoms. The normalized spacial score (nSPS) is 19.1. The van der Waals surface area contributed by atoms with Crippen molar-refractivity contribution in [2.75, 3.05) is 33.2 Å². The van der Waals surface area contributed by atoms with Crippen LogP contribution in [0.2, 0.25) is 0 Å². The summed E-state index contributed by atoms with van der Waals surface area (Å²) in [5.41, 5.74) is 7.68. The Kier molecular flexibility index (Phi) is 6.23. The Labute approximate surface area is 137 Å². The number of likely N-dealkylation sites (N-methyl/N-ethyl adjacent to an activating group) is 1. The van der Waals surface area contributed by atoms with E-state index >= 15 is 0 Å². The Bertz CT molecular complexity index is 441. The van der Waals surface area contributed by atoms with Gasteiger partial charge in [-0.15, -0.1) is 0 Å². The molecule has 1 fully saturated rings. The molecule has 1 aliphatic rings. The summed E-state index contributed by atoms with van der Waals surface area (Å²) in [5.74, 6) is 0. The fraction of sp³-hybridized carbons (Fsp3) is 0.647. The van der Waals surface area contributed by atoms with Crippen LogP contribution in [0.4, 0.5) is 0 Å². The van der Waals surface area contributed by atoms with Crippen LogP contribution in [-0.2, 0) is 6.54 Å². The molecule has 0 atom stereocenters. The first kappa shape index (κ1) is 16.9. The maximum Gasteiger partial charge on any atom is 0.0356 e. The molecule has 4 heteroatoms. The zero-order chi connectivity index (χ0) is 15.3. The molecule has 0 unspecified atom stereocenters. The van der Waals surface area contributed by atoms with Gasteiger partial charge in [-0.05, 0) is 63.6 Å². The molecule has 0 spiro atoms. The van der Waals surface area contributed by atoms with Gasteiger partial charge in [0.2, 0.25) is 0 Å². The molecular formula is C17H28BrN3. The van der Waals surface area contributed by atoms with E-state index in [1.54, 1.807) is 0 Å². The Morgan fingerprint density at radius 2 is 2.05 bits per heavy atom. The monoisotopic (exact) mass is 353 g/mol. The largest absolute Gasteiger partial charge is 0.329 e. The molecule has 2 N–H and O–H groups in total.